The molecule has 1 unspecified atom stereocenters. The Hall–Kier alpha value is -0.850. The molecule has 2 N–H and O–H groups in total. The number of aliphatic imine (C=N–C) groups is 1. The third-order valence-electron chi connectivity index (χ3n) is 3.68. The summed E-state index contributed by atoms with van der Waals surface area (Å²) in [7, 11) is 5.62. The molecule has 0 aromatic carbocycles. The summed E-state index contributed by atoms with van der Waals surface area (Å²) in [6.07, 6.45) is 1.16. The van der Waals surface area contributed by atoms with Gasteiger partial charge in [0, 0.05) is 47.0 Å². The first-order valence-electron chi connectivity index (χ1n) is 8.57. The smallest absolute Gasteiger partial charge is 0.191 e. The molecule has 0 heterocycles. The van der Waals surface area contributed by atoms with Gasteiger partial charge < -0.3 is 25.0 Å². The molecule has 0 rings (SSSR count). The molecular weight excluding hydrogens is 292 g/mol. The SMILES string of the molecule is CCNC(=NCC(OC)C(C)(C)C)NCCN(C)CCCOC. The van der Waals surface area contributed by atoms with E-state index in [0.29, 0.717) is 6.54 Å². The Morgan fingerprint density at radius 2 is 1.87 bits per heavy atom. The van der Waals surface area contributed by atoms with E-state index in [1.807, 2.05) is 0 Å². The lowest BCUT2D eigenvalue weighted by molar-refractivity contribution is 0.0241. The van der Waals surface area contributed by atoms with Crippen LogP contribution < -0.4 is 10.6 Å². The molecule has 0 aromatic rings. The Balaban J connectivity index is 4.26. The molecule has 0 saturated heterocycles. The zero-order valence-corrected chi connectivity index (χ0v) is 16.2. The number of rotatable bonds is 11. The van der Waals surface area contributed by atoms with E-state index in [-0.39, 0.29) is 11.5 Å². The van der Waals surface area contributed by atoms with E-state index >= 15 is 0 Å². The standard InChI is InChI=1S/C17H38N4O2/c1-8-18-16(20-14-15(23-7)17(2,3)4)19-10-12-21(5)11-9-13-22-6/h15H,8-14H2,1-7H3,(H2,18,19,20). The molecule has 0 aliphatic rings. The highest BCUT2D eigenvalue weighted by atomic mass is 16.5. The molecule has 0 aromatic heterocycles. The number of hydrogen-bond acceptors (Lipinski definition) is 4. The van der Waals surface area contributed by atoms with E-state index in [1.54, 1.807) is 14.2 Å². The first kappa shape index (κ1) is 22.1. The van der Waals surface area contributed by atoms with Gasteiger partial charge in [0.05, 0.1) is 12.6 Å². The van der Waals surface area contributed by atoms with Gasteiger partial charge in [0.2, 0.25) is 0 Å². The second-order valence-corrected chi connectivity index (χ2v) is 6.89. The molecular formula is C17H38N4O2. The highest BCUT2D eigenvalue weighted by Gasteiger charge is 2.24. The van der Waals surface area contributed by atoms with Gasteiger partial charge in [0.25, 0.3) is 0 Å². The predicted molar refractivity (Wildman–Crippen MR) is 98.2 cm³/mol. The van der Waals surface area contributed by atoms with Gasteiger partial charge in [0.15, 0.2) is 5.96 Å². The van der Waals surface area contributed by atoms with E-state index < -0.39 is 0 Å². The summed E-state index contributed by atoms with van der Waals surface area (Å²) in [6, 6.07) is 0. The second kappa shape index (κ2) is 12.6. The molecule has 0 bridgehead atoms. The van der Waals surface area contributed by atoms with Gasteiger partial charge in [0.1, 0.15) is 0 Å². The maximum Gasteiger partial charge on any atom is 0.191 e. The first-order chi connectivity index (χ1) is 10.8. The summed E-state index contributed by atoms with van der Waals surface area (Å²) in [4.78, 5) is 6.95. The summed E-state index contributed by atoms with van der Waals surface area (Å²) in [5, 5.41) is 6.67. The van der Waals surface area contributed by atoms with Gasteiger partial charge >= 0.3 is 0 Å². The monoisotopic (exact) mass is 330 g/mol. The van der Waals surface area contributed by atoms with E-state index in [2.05, 4.69) is 55.3 Å². The van der Waals surface area contributed by atoms with Crippen LogP contribution in [0.5, 0.6) is 0 Å². The number of nitrogens with zero attached hydrogens (tertiary/aromatic N) is 2. The Morgan fingerprint density at radius 3 is 2.39 bits per heavy atom. The predicted octanol–water partition coefficient (Wildman–Crippen LogP) is 1.57. The number of ether oxygens (including phenoxy) is 2. The van der Waals surface area contributed by atoms with Crippen LogP contribution in [0.25, 0.3) is 0 Å². The van der Waals surface area contributed by atoms with Crippen LogP contribution in [0.3, 0.4) is 0 Å². The van der Waals surface area contributed by atoms with Gasteiger partial charge in [-0.05, 0) is 25.8 Å². The van der Waals surface area contributed by atoms with Crippen molar-refractivity contribution >= 4 is 5.96 Å². The number of methoxy groups -OCH3 is 2. The van der Waals surface area contributed by atoms with Gasteiger partial charge in [-0.3, -0.25) is 4.99 Å². The maximum absolute atomic E-state index is 5.56. The minimum absolute atomic E-state index is 0.0805. The summed E-state index contributed by atoms with van der Waals surface area (Å²) < 4.78 is 10.6. The average Bonchev–Trinajstić information content (AvgIpc) is 2.46. The van der Waals surface area contributed by atoms with Crippen molar-refractivity contribution in [2.45, 2.75) is 40.2 Å². The number of nitrogens with one attached hydrogen (secondary N) is 2. The molecule has 6 heteroatoms. The molecule has 0 amide bonds. The van der Waals surface area contributed by atoms with Crippen LogP contribution in [0.4, 0.5) is 0 Å². The van der Waals surface area contributed by atoms with Crippen molar-refractivity contribution in [1.29, 1.82) is 0 Å². The van der Waals surface area contributed by atoms with E-state index in [0.717, 1.165) is 45.2 Å². The molecule has 138 valence electrons. The van der Waals surface area contributed by atoms with Crippen LogP contribution in [0.2, 0.25) is 0 Å². The quantitative estimate of drug-likeness (QED) is 0.342. The average molecular weight is 331 g/mol. The van der Waals surface area contributed by atoms with Gasteiger partial charge in [-0.25, -0.2) is 0 Å². The Labute approximate surface area is 143 Å². The minimum atomic E-state index is 0.0805. The third kappa shape index (κ3) is 11.3. The molecule has 0 saturated carbocycles. The molecule has 1 atom stereocenters. The molecule has 0 aliphatic heterocycles. The Kier molecular flexibility index (Phi) is 12.1. The van der Waals surface area contributed by atoms with Gasteiger partial charge in [-0.2, -0.15) is 0 Å². The third-order valence-corrected chi connectivity index (χ3v) is 3.68. The molecule has 6 nitrogen and oxygen atoms in total. The lowest BCUT2D eigenvalue weighted by atomic mass is 9.89. The minimum Gasteiger partial charge on any atom is -0.385 e. The lowest BCUT2D eigenvalue weighted by Crippen LogP contribution is -2.42. The fourth-order valence-electron chi connectivity index (χ4n) is 2.17. The van der Waals surface area contributed by atoms with Crippen LogP contribution in [-0.4, -0.2) is 77.6 Å². The van der Waals surface area contributed by atoms with E-state index in [1.165, 1.54) is 0 Å². The molecule has 23 heavy (non-hydrogen) atoms. The van der Waals surface area contributed by atoms with Crippen LogP contribution in [0.1, 0.15) is 34.1 Å². The van der Waals surface area contributed by atoms with Crippen LogP contribution in [0, 0.1) is 5.41 Å². The summed E-state index contributed by atoms with van der Waals surface area (Å²) in [6.45, 7) is 13.8. The number of guanidine groups is 1. The Bertz CT molecular complexity index is 316. The number of hydrogen-bond donors (Lipinski definition) is 2. The van der Waals surface area contributed by atoms with Gasteiger partial charge in [-0.15, -0.1) is 0 Å². The van der Waals surface area contributed by atoms with Crippen molar-refractivity contribution in [3.05, 3.63) is 0 Å². The molecule has 0 radical (unpaired) electrons. The van der Waals surface area contributed by atoms with Crippen molar-refractivity contribution in [3.8, 4) is 0 Å². The Morgan fingerprint density at radius 1 is 1.17 bits per heavy atom. The maximum atomic E-state index is 5.56. The summed E-state index contributed by atoms with van der Waals surface area (Å²) in [5.74, 6) is 0.851. The highest BCUT2D eigenvalue weighted by Crippen LogP contribution is 2.21. The zero-order chi connectivity index (χ0) is 17.7. The van der Waals surface area contributed by atoms with Crippen molar-refractivity contribution in [2.24, 2.45) is 10.4 Å². The topological polar surface area (TPSA) is 58.1 Å². The normalized spacial score (nSPS) is 14.2. The van der Waals surface area contributed by atoms with E-state index in [4.69, 9.17) is 9.47 Å². The van der Waals surface area contributed by atoms with E-state index in [9.17, 15) is 0 Å². The largest absolute Gasteiger partial charge is 0.385 e. The zero-order valence-electron chi connectivity index (χ0n) is 16.2. The number of likely N-dealkylation sites (N-methyl/N-ethyl adjacent to an activating group) is 1. The molecule has 0 fully saturated rings. The fourth-order valence-corrected chi connectivity index (χ4v) is 2.17. The van der Waals surface area contributed by atoms with Crippen molar-refractivity contribution in [1.82, 2.24) is 15.5 Å². The fraction of sp³-hybridized carbons (Fsp3) is 0.941. The van der Waals surface area contributed by atoms with Crippen molar-refractivity contribution in [2.75, 3.05) is 60.6 Å². The molecule has 0 aliphatic carbocycles. The lowest BCUT2D eigenvalue weighted by Gasteiger charge is -2.28. The van der Waals surface area contributed by atoms with Crippen LogP contribution in [0.15, 0.2) is 4.99 Å². The molecule has 0 spiro atoms. The van der Waals surface area contributed by atoms with Crippen LogP contribution in [-0.2, 0) is 9.47 Å². The second-order valence-electron chi connectivity index (χ2n) is 6.89. The summed E-state index contributed by atoms with van der Waals surface area (Å²) >= 11 is 0. The highest BCUT2D eigenvalue weighted by molar-refractivity contribution is 5.79. The van der Waals surface area contributed by atoms with Gasteiger partial charge in [-0.1, -0.05) is 20.8 Å². The van der Waals surface area contributed by atoms with Crippen LogP contribution >= 0.6 is 0 Å². The summed E-state index contributed by atoms with van der Waals surface area (Å²) in [5.41, 5.74) is 0.0805. The van der Waals surface area contributed by atoms with Crippen molar-refractivity contribution < 1.29 is 9.47 Å². The van der Waals surface area contributed by atoms with Crippen molar-refractivity contribution in [3.63, 3.8) is 0 Å². The first-order valence-corrected chi connectivity index (χ1v) is 8.57.